The Morgan fingerprint density at radius 1 is 1.21 bits per heavy atom. The Kier molecular flexibility index (Phi) is 5.83. The number of carboxylic acids is 1. The van der Waals surface area contributed by atoms with Gasteiger partial charge in [-0.3, -0.25) is 14.4 Å². The van der Waals surface area contributed by atoms with Gasteiger partial charge in [0.15, 0.2) is 5.78 Å². The van der Waals surface area contributed by atoms with Crippen LogP contribution in [0.25, 0.3) is 0 Å². The van der Waals surface area contributed by atoms with E-state index in [0.29, 0.717) is 16.9 Å². The van der Waals surface area contributed by atoms with E-state index in [2.05, 4.69) is 0 Å². The van der Waals surface area contributed by atoms with Crippen LogP contribution in [0.4, 0.5) is 0 Å². The zero-order valence-corrected chi connectivity index (χ0v) is 14.9. The zero-order valence-electron chi connectivity index (χ0n) is 14.0. The summed E-state index contributed by atoms with van der Waals surface area (Å²) in [6.45, 7) is 3.97. The molecule has 128 valence electrons. The molecule has 0 saturated heterocycles. The van der Waals surface area contributed by atoms with Gasteiger partial charge < -0.3 is 10.0 Å². The van der Waals surface area contributed by atoms with E-state index < -0.39 is 17.8 Å². The molecule has 0 bridgehead atoms. The maximum Gasteiger partial charge on any atom is 0.308 e. The summed E-state index contributed by atoms with van der Waals surface area (Å²) in [4.78, 5) is 38.0. The minimum atomic E-state index is -1.11. The van der Waals surface area contributed by atoms with Crippen LogP contribution in [0.3, 0.4) is 0 Å². The van der Waals surface area contributed by atoms with Crippen LogP contribution < -0.4 is 0 Å². The van der Waals surface area contributed by atoms with Crippen molar-refractivity contribution in [1.29, 1.82) is 0 Å². The first-order valence-corrected chi connectivity index (χ1v) is 8.92. The lowest BCUT2D eigenvalue weighted by Gasteiger charge is -2.21. The van der Waals surface area contributed by atoms with Crippen molar-refractivity contribution < 1.29 is 19.5 Å². The van der Waals surface area contributed by atoms with E-state index in [9.17, 15) is 14.4 Å². The molecule has 1 aromatic carbocycles. The van der Waals surface area contributed by atoms with E-state index in [-0.39, 0.29) is 17.3 Å². The number of rotatable bonds is 7. The van der Waals surface area contributed by atoms with Crippen LogP contribution >= 0.6 is 11.8 Å². The first-order valence-electron chi connectivity index (χ1n) is 7.87. The van der Waals surface area contributed by atoms with Crippen molar-refractivity contribution >= 4 is 29.4 Å². The fourth-order valence-corrected chi connectivity index (χ4v) is 3.80. The zero-order chi connectivity index (χ0) is 17.9. The minimum absolute atomic E-state index is 0.0977. The molecule has 0 aromatic heterocycles. The van der Waals surface area contributed by atoms with Gasteiger partial charge in [-0.1, -0.05) is 38.1 Å². The lowest BCUT2D eigenvalue weighted by molar-refractivity contribution is -0.137. The van der Waals surface area contributed by atoms with Gasteiger partial charge in [-0.2, -0.15) is 0 Å². The Labute approximate surface area is 145 Å². The Hall–Kier alpha value is -2.08. The monoisotopic (exact) mass is 347 g/mol. The molecule has 1 amide bonds. The van der Waals surface area contributed by atoms with Gasteiger partial charge in [0.05, 0.1) is 6.42 Å². The molecule has 0 radical (unpaired) electrons. The first kappa shape index (κ1) is 18.3. The van der Waals surface area contributed by atoms with Crippen molar-refractivity contribution in [2.24, 2.45) is 0 Å². The van der Waals surface area contributed by atoms with Crippen LogP contribution in [0, 0.1) is 0 Å². The van der Waals surface area contributed by atoms with Crippen molar-refractivity contribution in [2.75, 3.05) is 12.8 Å². The normalized spacial score (nSPS) is 17.5. The topological polar surface area (TPSA) is 74.7 Å². The number of nitrogens with zero attached hydrogens (tertiary/aromatic N) is 1. The highest BCUT2D eigenvalue weighted by Crippen LogP contribution is 2.35. The van der Waals surface area contributed by atoms with E-state index >= 15 is 0 Å². The summed E-state index contributed by atoms with van der Waals surface area (Å²) in [7, 11) is 1.61. The first-order chi connectivity index (χ1) is 11.4. The molecule has 0 fully saturated rings. The van der Waals surface area contributed by atoms with Gasteiger partial charge in [-0.05, 0) is 17.7 Å². The largest absolute Gasteiger partial charge is 0.481 e. The molecule has 1 heterocycles. The molecule has 5 nitrogen and oxygen atoms in total. The molecule has 1 aliphatic heterocycles. The number of aliphatic carboxylic acids is 1. The number of aryl methyl sites for hydroxylation is 1. The molecule has 1 N–H and O–H groups in total. The number of carbonyl (C=O) groups is 3. The molecule has 1 atom stereocenters. The molecule has 1 aliphatic rings. The highest BCUT2D eigenvalue weighted by atomic mass is 32.2. The summed E-state index contributed by atoms with van der Waals surface area (Å²) in [5, 5.41) is 8.67. The molecule has 1 unspecified atom stereocenters. The number of carboxylic acid groups (broad SMARTS) is 1. The quantitative estimate of drug-likeness (QED) is 0.768. The van der Waals surface area contributed by atoms with Crippen LogP contribution in [0.2, 0.25) is 0 Å². The number of amides is 1. The summed E-state index contributed by atoms with van der Waals surface area (Å²) >= 11 is 1.45. The second kappa shape index (κ2) is 7.66. The van der Waals surface area contributed by atoms with Crippen molar-refractivity contribution in [3.05, 3.63) is 46.5 Å². The average Bonchev–Trinajstić information content (AvgIpc) is 2.79. The summed E-state index contributed by atoms with van der Waals surface area (Å²) in [6, 6.07) is 7.24. The van der Waals surface area contributed by atoms with Gasteiger partial charge in [0.1, 0.15) is 5.37 Å². The van der Waals surface area contributed by atoms with E-state index in [1.807, 2.05) is 26.0 Å². The summed E-state index contributed by atoms with van der Waals surface area (Å²) in [5.41, 5.74) is 2.00. The lowest BCUT2D eigenvalue weighted by Crippen LogP contribution is -2.31. The predicted molar refractivity (Wildman–Crippen MR) is 94.1 cm³/mol. The fraction of sp³-hybridized carbons (Fsp3) is 0.389. The van der Waals surface area contributed by atoms with Gasteiger partial charge in [-0.15, -0.1) is 11.8 Å². The highest BCUT2D eigenvalue weighted by Gasteiger charge is 2.41. The van der Waals surface area contributed by atoms with Gasteiger partial charge in [0, 0.05) is 23.8 Å². The van der Waals surface area contributed by atoms with Crippen molar-refractivity contribution in [2.45, 2.75) is 32.1 Å². The van der Waals surface area contributed by atoms with Gasteiger partial charge in [-0.25, -0.2) is 0 Å². The smallest absolute Gasteiger partial charge is 0.308 e. The van der Waals surface area contributed by atoms with Gasteiger partial charge in [0.25, 0.3) is 5.91 Å². The van der Waals surface area contributed by atoms with Gasteiger partial charge >= 0.3 is 5.97 Å². The molecule has 0 saturated carbocycles. The van der Waals surface area contributed by atoms with Crippen molar-refractivity contribution in [1.82, 2.24) is 4.90 Å². The van der Waals surface area contributed by atoms with Crippen LogP contribution in [-0.4, -0.2) is 45.8 Å². The number of likely N-dealkylation sites (N-methyl/N-ethyl adjacent to an activating group) is 1. The molecule has 0 aliphatic carbocycles. The van der Waals surface area contributed by atoms with Crippen LogP contribution in [0.5, 0.6) is 0 Å². The van der Waals surface area contributed by atoms with E-state index in [0.717, 1.165) is 12.0 Å². The number of benzene rings is 1. The molecule has 1 aromatic rings. The Balaban J connectivity index is 2.48. The second-order valence-electron chi connectivity index (χ2n) is 5.57. The number of hydrogen-bond donors (Lipinski definition) is 1. The third kappa shape index (κ3) is 3.53. The van der Waals surface area contributed by atoms with Crippen molar-refractivity contribution in [3.8, 4) is 0 Å². The summed E-state index contributed by atoms with van der Waals surface area (Å²) < 4.78 is 0. The highest BCUT2D eigenvalue weighted by molar-refractivity contribution is 8.00. The molecule has 2 rings (SSSR count). The van der Waals surface area contributed by atoms with E-state index in [1.54, 1.807) is 19.2 Å². The number of thioether (sulfide) groups is 1. The fourth-order valence-electron chi connectivity index (χ4n) is 2.75. The van der Waals surface area contributed by atoms with E-state index in [1.165, 1.54) is 16.7 Å². The lowest BCUT2D eigenvalue weighted by atomic mass is 9.97. The molecular weight excluding hydrogens is 326 g/mol. The van der Waals surface area contributed by atoms with Crippen molar-refractivity contribution in [3.63, 3.8) is 0 Å². The Morgan fingerprint density at radius 3 is 2.33 bits per heavy atom. The second-order valence-corrected chi connectivity index (χ2v) is 6.92. The number of carbonyl (C=O) groups excluding carboxylic acids is 2. The number of Topliss-reactive ketones (excluding diaryl/α,β-unsaturated/α-hetero) is 1. The predicted octanol–water partition coefficient (Wildman–Crippen LogP) is 2.75. The maximum absolute atomic E-state index is 13.0. The number of ketones is 1. The number of hydrogen-bond acceptors (Lipinski definition) is 4. The van der Waals surface area contributed by atoms with Crippen LogP contribution in [-0.2, 0) is 16.0 Å². The Morgan fingerprint density at radius 2 is 1.83 bits per heavy atom. The average molecular weight is 347 g/mol. The van der Waals surface area contributed by atoms with Crippen LogP contribution in [0.1, 0.15) is 36.2 Å². The molecule has 6 heteroatoms. The standard InChI is InChI=1S/C18H21NO4S/c1-4-11-6-8-12(9-7-11)16(22)15-13(10-14(20)21)17(23)19(3)18(15)24-5-2/h6-9,18H,4-5,10H2,1-3H3,(H,20,21). The van der Waals surface area contributed by atoms with E-state index in [4.69, 9.17) is 5.11 Å². The third-order valence-electron chi connectivity index (χ3n) is 4.02. The molecule has 24 heavy (non-hydrogen) atoms. The van der Waals surface area contributed by atoms with Crippen LogP contribution in [0.15, 0.2) is 35.4 Å². The maximum atomic E-state index is 13.0. The minimum Gasteiger partial charge on any atom is -0.481 e. The molecular formula is C18H21NO4S. The third-order valence-corrected chi connectivity index (χ3v) is 5.22. The Bertz CT molecular complexity index is 693. The molecule has 0 spiro atoms. The summed E-state index contributed by atoms with van der Waals surface area (Å²) in [6.07, 6.45) is 0.440. The SMILES string of the molecule is CCSC1C(C(=O)c2ccc(CC)cc2)=C(CC(=O)O)C(=O)N1C. The summed E-state index contributed by atoms with van der Waals surface area (Å²) in [5.74, 6) is -1.04. The van der Waals surface area contributed by atoms with Gasteiger partial charge in [0.2, 0.25) is 0 Å².